The zero-order valence-corrected chi connectivity index (χ0v) is 20.4. The summed E-state index contributed by atoms with van der Waals surface area (Å²) in [6, 6.07) is 11.0. The molecule has 0 radical (unpaired) electrons. The summed E-state index contributed by atoms with van der Waals surface area (Å²) in [5.41, 5.74) is 8.43. The van der Waals surface area contributed by atoms with E-state index >= 15 is 0 Å². The first-order valence-electron chi connectivity index (χ1n) is 9.80. The number of rotatable bonds is 10. The minimum Gasteiger partial charge on any atom is -0.493 e. The maximum absolute atomic E-state index is 14.3. The maximum Gasteiger partial charge on any atom is 0.188 e. The molecule has 2 aromatic carbocycles. The Morgan fingerprint density at radius 3 is 2.30 bits per heavy atom. The molecule has 3 N–H and O–H groups in total. The second-order valence-corrected chi connectivity index (χ2v) is 6.53. The van der Waals surface area contributed by atoms with E-state index < -0.39 is 0 Å². The first kappa shape index (κ1) is 25.8. The van der Waals surface area contributed by atoms with Gasteiger partial charge in [-0.1, -0.05) is 12.1 Å². The Morgan fingerprint density at radius 2 is 1.70 bits per heavy atom. The van der Waals surface area contributed by atoms with Crippen LogP contribution in [0.2, 0.25) is 0 Å². The Morgan fingerprint density at radius 1 is 1.03 bits per heavy atom. The van der Waals surface area contributed by atoms with E-state index in [9.17, 15) is 4.39 Å². The zero-order valence-electron chi connectivity index (χ0n) is 18.1. The van der Waals surface area contributed by atoms with Gasteiger partial charge in [0.15, 0.2) is 17.5 Å². The Balaban J connectivity index is 0.00000450. The third kappa shape index (κ3) is 7.23. The highest BCUT2D eigenvalue weighted by atomic mass is 127. The van der Waals surface area contributed by atoms with Crippen LogP contribution in [-0.4, -0.2) is 39.8 Å². The number of halogens is 2. The van der Waals surface area contributed by atoms with Crippen molar-refractivity contribution in [2.45, 2.75) is 26.8 Å². The van der Waals surface area contributed by atoms with Gasteiger partial charge >= 0.3 is 0 Å². The number of nitrogens with two attached hydrogens (primary N) is 1. The Kier molecular flexibility index (Phi) is 11.3. The van der Waals surface area contributed by atoms with E-state index in [-0.39, 0.29) is 29.8 Å². The molecule has 0 bridgehead atoms. The number of hydrogen-bond donors (Lipinski definition) is 2. The molecule has 0 aliphatic carbocycles. The van der Waals surface area contributed by atoms with Crippen LogP contribution in [0.3, 0.4) is 0 Å². The van der Waals surface area contributed by atoms with Gasteiger partial charge in [0.2, 0.25) is 0 Å². The molecule has 0 aliphatic rings. The number of ether oxygens (including phenoxy) is 2. The summed E-state index contributed by atoms with van der Waals surface area (Å²) >= 11 is 0. The van der Waals surface area contributed by atoms with Gasteiger partial charge in [-0.15, -0.1) is 24.0 Å². The van der Waals surface area contributed by atoms with Gasteiger partial charge in [-0.05, 0) is 55.7 Å². The summed E-state index contributed by atoms with van der Waals surface area (Å²) < 4.78 is 24.9. The smallest absolute Gasteiger partial charge is 0.188 e. The van der Waals surface area contributed by atoms with Crippen LogP contribution in [0.1, 0.15) is 25.0 Å². The van der Waals surface area contributed by atoms with E-state index in [4.69, 9.17) is 15.2 Å². The van der Waals surface area contributed by atoms with Crippen LogP contribution in [0.4, 0.5) is 10.1 Å². The molecule has 6 nitrogen and oxygen atoms in total. The van der Waals surface area contributed by atoms with E-state index in [1.54, 1.807) is 20.3 Å². The normalized spacial score (nSPS) is 10.9. The number of nitrogens with one attached hydrogen (secondary N) is 1. The van der Waals surface area contributed by atoms with Crippen molar-refractivity contribution in [2.75, 3.05) is 38.8 Å². The standard InChI is InChI=1S/C22H31FN4O2.HI/c1-5-27(6-2)19-9-7-17(13-18(19)23)15-26-22(24)25-12-11-16-8-10-20(28-3)21(14-16)29-4;/h7-10,13-14H,5-6,11-12,15H2,1-4H3,(H3,24,25,26);1H. The van der Waals surface area contributed by atoms with E-state index in [1.807, 2.05) is 43.0 Å². The lowest BCUT2D eigenvalue weighted by Crippen LogP contribution is -2.33. The van der Waals surface area contributed by atoms with Gasteiger partial charge in [-0.2, -0.15) is 0 Å². The summed E-state index contributed by atoms with van der Waals surface area (Å²) in [6.07, 6.45) is 0.754. The predicted molar refractivity (Wildman–Crippen MR) is 132 cm³/mol. The number of hydrogen-bond acceptors (Lipinski definition) is 4. The van der Waals surface area contributed by atoms with Crippen molar-refractivity contribution in [1.82, 2.24) is 5.32 Å². The summed E-state index contributed by atoms with van der Waals surface area (Å²) in [6.45, 7) is 6.50. The minimum atomic E-state index is -0.235. The van der Waals surface area contributed by atoms with Gasteiger partial charge in [0.25, 0.3) is 0 Å². The Labute approximate surface area is 195 Å². The topological polar surface area (TPSA) is 72.1 Å². The van der Waals surface area contributed by atoms with Crippen molar-refractivity contribution < 1.29 is 13.9 Å². The van der Waals surface area contributed by atoms with E-state index in [0.29, 0.717) is 36.2 Å². The monoisotopic (exact) mass is 530 g/mol. The van der Waals surface area contributed by atoms with Gasteiger partial charge in [0.05, 0.1) is 26.5 Å². The van der Waals surface area contributed by atoms with Gasteiger partial charge in [0, 0.05) is 19.6 Å². The van der Waals surface area contributed by atoms with Gasteiger partial charge in [-0.25, -0.2) is 9.38 Å². The highest BCUT2D eigenvalue weighted by Crippen LogP contribution is 2.27. The fourth-order valence-electron chi connectivity index (χ4n) is 3.07. The molecule has 0 unspecified atom stereocenters. The van der Waals surface area contributed by atoms with Gasteiger partial charge < -0.3 is 25.4 Å². The van der Waals surface area contributed by atoms with Crippen LogP contribution in [0.15, 0.2) is 41.4 Å². The van der Waals surface area contributed by atoms with Crippen LogP contribution in [0, 0.1) is 5.82 Å². The molecule has 0 saturated carbocycles. The highest BCUT2D eigenvalue weighted by Gasteiger charge is 2.09. The van der Waals surface area contributed by atoms with Gasteiger partial charge in [-0.3, -0.25) is 0 Å². The fourth-order valence-corrected chi connectivity index (χ4v) is 3.07. The van der Waals surface area contributed by atoms with Crippen molar-refractivity contribution in [1.29, 1.82) is 0 Å². The minimum absolute atomic E-state index is 0. The van der Waals surface area contributed by atoms with E-state index in [1.165, 1.54) is 6.07 Å². The first-order valence-corrected chi connectivity index (χ1v) is 9.80. The summed E-state index contributed by atoms with van der Waals surface area (Å²) in [7, 11) is 3.22. The summed E-state index contributed by atoms with van der Waals surface area (Å²) in [5, 5.41) is 3.08. The van der Waals surface area contributed by atoms with Crippen molar-refractivity contribution in [2.24, 2.45) is 10.7 Å². The molecule has 0 amide bonds. The molecular formula is C22H32FIN4O2. The molecule has 0 fully saturated rings. The quantitative estimate of drug-likeness (QED) is 0.277. The molecule has 0 heterocycles. The molecule has 0 aliphatic heterocycles. The molecule has 0 saturated heterocycles. The molecule has 2 rings (SSSR count). The number of aliphatic imine (C=N–C) groups is 1. The number of nitrogens with zero attached hydrogens (tertiary/aromatic N) is 2. The SMILES string of the molecule is CCN(CC)c1ccc(CN=C(N)NCCc2ccc(OC)c(OC)c2)cc1F.I. The lowest BCUT2D eigenvalue weighted by atomic mass is 10.1. The first-order chi connectivity index (χ1) is 14.0. The molecule has 0 atom stereocenters. The number of methoxy groups -OCH3 is 2. The molecule has 2 aromatic rings. The number of benzene rings is 2. The molecule has 166 valence electrons. The zero-order chi connectivity index (χ0) is 21.2. The second kappa shape index (κ2) is 13.1. The molecule has 30 heavy (non-hydrogen) atoms. The average molecular weight is 530 g/mol. The highest BCUT2D eigenvalue weighted by molar-refractivity contribution is 14.0. The number of guanidine groups is 1. The predicted octanol–water partition coefficient (Wildman–Crippen LogP) is 3.95. The fraction of sp³-hybridized carbons (Fsp3) is 0.409. The van der Waals surface area contributed by atoms with E-state index in [2.05, 4.69) is 10.3 Å². The Bertz CT molecular complexity index is 829. The summed E-state index contributed by atoms with van der Waals surface area (Å²) in [4.78, 5) is 6.28. The average Bonchev–Trinajstić information content (AvgIpc) is 2.74. The molecule has 0 spiro atoms. The van der Waals surface area contributed by atoms with Crippen LogP contribution >= 0.6 is 24.0 Å². The lowest BCUT2D eigenvalue weighted by Gasteiger charge is -2.21. The third-order valence-electron chi connectivity index (χ3n) is 4.72. The lowest BCUT2D eigenvalue weighted by molar-refractivity contribution is 0.354. The van der Waals surface area contributed by atoms with Crippen LogP contribution in [-0.2, 0) is 13.0 Å². The maximum atomic E-state index is 14.3. The molecule has 8 heteroatoms. The largest absolute Gasteiger partial charge is 0.493 e. The van der Waals surface area contributed by atoms with E-state index in [0.717, 1.165) is 30.6 Å². The van der Waals surface area contributed by atoms with Crippen LogP contribution in [0.25, 0.3) is 0 Å². The van der Waals surface area contributed by atoms with Crippen molar-refractivity contribution in [3.05, 3.63) is 53.3 Å². The van der Waals surface area contributed by atoms with Crippen molar-refractivity contribution in [3.8, 4) is 11.5 Å². The molecular weight excluding hydrogens is 498 g/mol. The number of anilines is 1. The van der Waals surface area contributed by atoms with Gasteiger partial charge in [0.1, 0.15) is 5.82 Å². The Hall–Kier alpha value is -2.23. The molecule has 0 aromatic heterocycles. The van der Waals surface area contributed by atoms with Crippen LogP contribution < -0.4 is 25.4 Å². The van der Waals surface area contributed by atoms with Crippen molar-refractivity contribution >= 4 is 35.6 Å². The summed E-state index contributed by atoms with van der Waals surface area (Å²) in [5.74, 6) is 1.49. The van der Waals surface area contributed by atoms with Crippen molar-refractivity contribution in [3.63, 3.8) is 0 Å². The third-order valence-corrected chi connectivity index (χ3v) is 4.72. The van der Waals surface area contributed by atoms with Crippen LogP contribution in [0.5, 0.6) is 11.5 Å². The second-order valence-electron chi connectivity index (χ2n) is 6.53.